The zero-order valence-electron chi connectivity index (χ0n) is 10.4. The smallest absolute Gasteiger partial charge is 0.0932 e. The van der Waals surface area contributed by atoms with Crippen molar-refractivity contribution >= 4 is 5.69 Å². The first-order valence-electron chi connectivity index (χ1n) is 5.54. The van der Waals surface area contributed by atoms with Crippen LogP contribution in [0.3, 0.4) is 0 Å². The van der Waals surface area contributed by atoms with Gasteiger partial charge < -0.3 is 0 Å². The van der Waals surface area contributed by atoms with Gasteiger partial charge in [-0.3, -0.25) is 5.21 Å². The Morgan fingerprint density at radius 2 is 1.33 bits per heavy atom. The van der Waals surface area contributed by atoms with Gasteiger partial charge in [-0.2, -0.15) is 0 Å². The van der Waals surface area contributed by atoms with Gasteiger partial charge in [0.25, 0.3) is 0 Å². The highest BCUT2D eigenvalue weighted by molar-refractivity contribution is 5.41. The molecule has 0 saturated carbocycles. The number of anilines is 1. The molecule has 4 nitrogen and oxygen atoms in total. The van der Waals surface area contributed by atoms with Crippen LogP contribution >= 0.6 is 0 Å². The molecule has 0 amide bonds. The molecular weight excluding hydrogens is 228 g/mol. The fourth-order valence-corrected chi connectivity index (χ4v) is 1.27. The maximum atomic E-state index is 9.73. The minimum absolute atomic E-state index is 0.278. The van der Waals surface area contributed by atoms with Crippen molar-refractivity contribution in [1.29, 1.82) is 0 Å². The van der Waals surface area contributed by atoms with Crippen LogP contribution in [0.25, 0.3) is 0 Å². The van der Waals surface area contributed by atoms with Crippen LogP contribution in [-0.4, -0.2) is 5.21 Å². The second-order valence-electron chi connectivity index (χ2n) is 3.79. The average molecular weight is 244 g/mol. The minimum atomic E-state index is 0.278. The van der Waals surface area contributed by atoms with Crippen LogP contribution in [0.2, 0.25) is 0 Å². The van der Waals surface area contributed by atoms with Crippen LogP contribution in [0.1, 0.15) is 11.1 Å². The summed E-state index contributed by atoms with van der Waals surface area (Å²) in [5.74, 6) is 0. The molecule has 1 N–H and O–H groups in total. The largest absolute Gasteiger partial charge is 0.265 e. The molecule has 94 valence electrons. The summed E-state index contributed by atoms with van der Waals surface area (Å²) in [6, 6.07) is 16.7. The van der Waals surface area contributed by atoms with Crippen molar-refractivity contribution in [2.24, 2.45) is 5.29 Å². The first-order valence-corrected chi connectivity index (χ1v) is 5.54. The number of nitrogens with zero attached hydrogens (tertiary/aromatic N) is 2. The summed E-state index contributed by atoms with van der Waals surface area (Å²) in [5, 5.41) is 11.3. The van der Waals surface area contributed by atoms with Crippen molar-refractivity contribution in [1.82, 2.24) is 0 Å². The Morgan fingerprint density at radius 3 is 1.72 bits per heavy atom. The third-order valence-electron chi connectivity index (χ3n) is 2.49. The number of hydrogen-bond donors (Lipinski definition) is 1. The summed E-state index contributed by atoms with van der Waals surface area (Å²) in [5.41, 5.74) is 3.09. The van der Waals surface area contributed by atoms with E-state index in [1.807, 2.05) is 0 Å². The Labute approximate surface area is 106 Å². The second kappa shape index (κ2) is 7.19. The van der Waals surface area contributed by atoms with E-state index in [1.165, 1.54) is 11.1 Å². The molecule has 0 atom stereocenters. The monoisotopic (exact) mass is 244 g/mol. The zero-order valence-corrected chi connectivity index (χ0v) is 10.4. The van der Waals surface area contributed by atoms with E-state index in [-0.39, 0.29) is 5.17 Å². The first-order chi connectivity index (χ1) is 8.65. The summed E-state index contributed by atoms with van der Waals surface area (Å²) in [6.45, 7) is 4.24. The molecule has 0 aromatic heterocycles. The topological polar surface area (TPSA) is 52.9 Å². The molecular formula is C14H16N2O2. The Bertz CT molecular complexity index is 465. The van der Waals surface area contributed by atoms with Crippen LogP contribution < -0.4 is 5.17 Å². The fourth-order valence-electron chi connectivity index (χ4n) is 1.27. The predicted octanol–water partition coefficient (Wildman–Crippen LogP) is 3.87. The number of para-hydroxylation sites is 1. The molecule has 0 bridgehead atoms. The SMILES string of the molecule is Cc1ccccc1C.O=NN(O)c1ccccc1. The van der Waals surface area contributed by atoms with Crippen molar-refractivity contribution in [3.05, 3.63) is 70.6 Å². The average Bonchev–Trinajstić information content (AvgIpc) is 2.43. The van der Waals surface area contributed by atoms with Gasteiger partial charge in [0.2, 0.25) is 0 Å². The van der Waals surface area contributed by atoms with Gasteiger partial charge in [0.05, 0.1) is 11.0 Å². The maximum absolute atomic E-state index is 9.73. The molecule has 2 aromatic rings. The highest BCUT2D eigenvalue weighted by atomic mass is 16.6. The van der Waals surface area contributed by atoms with Crippen LogP contribution in [0.4, 0.5) is 5.69 Å². The van der Waals surface area contributed by atoms with Crippen LogP contribution in [0.5, 0.6) is 0 Å². The third kappa shape index (κ3) is 4.35. The minimum Gasteiger partial charge on any atom is -0.265 e. The molecule has 2 rings (SSSR count). The van der Waals surface area contributed by atoms with E-state index in [0.29, 0.717) is 5.69 Å². The molecule has 18 heavy (non-hydrogen) atoms. The molecule has 2 aromatic carbocycles. The molecule has 0 aliphatic rings. The Hall–Kier alpha value is -2.20. The van der Waals surface area contributed by atoms with Crippen molar-refractivity contribution in [3.63, 3.8) is 0 Å². The van der Waals surface area contributed by atoms with Crippen LogP contribution in [0.15, 0.2) is 59.9 Å². The fraction of sp³-hybridized carbons (Fsp3) is 0.143. The molecule has 4 heteroatoms. The maximum Gasteiger partial charge on any atom is 0.0932 e. The van der Waals surface area contributed by atoms with E-state index in [9.17, 15) is 4.91 Å². The summed E-state index contributed by atoms with van der Waals surface area (Å²) in [4.78, 5) is 9.73. The molecule has 0 spiro atoms. The molecule has 0 radical (unpaired) electrons. The first kappa shape index (κ1) is 13.9. The number of nitroso groups, excluding NO2 is 1. The standard InChI is InChI=1S/C8H10.C6H6N2O2/c1-7-5-3-4-6-8(7)2;9-7-8(10)6-4-2-1-3-5-6/h3-6H,1-2H3;1-5,10H. The van der Waals surface area contributed by atoms with Gasteiger partial charge in [0.15, 0.2) is 0 Å². The number of aryl methyl sites for hydroxylation is 2. The summed E-state index contributed by atoms with van der Waals surface area (Å²) < 4.78 is 0. The van der Waals surface area contributed by atoms with Crippen LogP contribution in [-0.2, 0) is 0 Å². The number of benzene rings is 2. The molecule has 0 aliphatic carbocycles. The lowest BCUT2D eigenvalue weighted by Crippen LogP contribution is -2.06. The Kier molecular flexibility index (Phi) is 5.54. The highest BCUT2D eigenvalue weighted by Gasteiger charge is 1.97. The van der Waals surface area contributed by atoms with Crippen molar-refractivity contribution in [2.45, 2.75) is 13.8 Å². The highest BCUT2D eigenvalue weighted by Crippen LogP contribution is 2.09. The normalized spacial score (nSPS) is 9.06. The lowest BCUT2D eigenvalue weighted by molar-refractivity contribution is 0.258. The van der Waals surface area contributed by atoms with Gasteiger partial charge in [-0.25, -0.2) is 0 Å². The lowest BCUT2D eigenvalue weighted by atomic mass is 10.1. The van der Waals surface area contributed by atoms with E-state index < -0.39 is 0 Å². The third-order valence-corrected chi connectivity index (χ3v) is 2.49. The second-order valence-corrected chi connectivity index (χ2v) is 3.79. The zero-order chi connectivity index (χ0) is 13.4. The van der Waals surface area contributed by atoms with E-state index >= 15 is 0 Å². The lowest BCUT2D eigenvalue weighted by Gasteiger charge is -2.03. The Balaban J connectivity index is 0.000000184. The van der Waals surface area contributed by atoms with Gasteiger partial charge in [0.1, 0.15) is 0 Å². The number of hydrogen-bond acceptors (Lipinski definition) is 3. The van der Waals surface area contributed by atoms with E-state index in [0.717, 1.165) is 0 Å². The molecule has 0 aliphatic heterocycles. The van der Waals surface area contributed by atoms with Crippen molar-refractivity contribution in [2.75, 3.05) is 5.17 Å². The van der Waals surface area contributed by atoms with Gasteiger partial charge in [-0.15, -0.1) is 10.1 Å². The molecule has 0 heterocycles. The molecule has 0 unspecified atom stereocenters. The summed E-state index contributed by atoms with van der Waals surface area (Å²) in [7, 11) is 0. The van der Waals surface area contributed by atoms with Crippen molar-refractivity contribution < 1.29 is 5.21 Å². The van der Waals surface area contributed by atoms with Crippen LogP contribution in [0, 0.1) is 18.8 Å². The van der Waals surface area contributed by atoms with E-state index in [1.54, 1.807) is 30.3 Å². The number of rotatable bonds is 2. The van der Waals surface area contributed by atoms with Crippen molar-refractivity contribution in [3.8, 4) is 0 Å². The van der Waals surface area contributed by atoms with Gasteiger partial charge >= 0.3 is 0 Å². The predicted molar refractivity (Wildman–Crippen MR) is 72.4 cm³/mol. The summed E-state index contributed by atoms with van der Waals surface area (Å²) in [6.07, 6.45) is 0. The summed E-state index contributed by atoms with van der Waals surface area (Å²) >= 11 is 0. The van der Waals surface area contributed by atoms with E-state index in [2.05, 4.69) is 43.4 Å². The molecule has 0 saturated heterocycles. The van der Waals surface area contributed by atoms with Gasteiger partial charge in [0, 0.05) is 0 Å². The quantitative estimate of drug-likeness (QED) is 0.644. The van der Waals surface area contributed by atoms with E-state index in [4.69, 9.17) is 5.21 Å². The van der Waals surface area contributed by atoms with Gasteiger partial charge in [-0.05, 0) is 37.1 Å². The Morgan fingerprint density at radius 1 is 0.889 bits per heavy atom. The van der Waals surface area contributed by atoms with Gasteiger partial charge in [-0.1, -0.05) is 42.5 Å². The molecule has 0 fully saturated rings.